The van der Waals surface area contributed by atoms with E-state index < -0.39 is 65.7 Å². The van der Waals surface area contributed by atoms with Gasteiger partial charge >= 0.3 is 0 Å². The second-order valence-electron chi connectivity index (χ2n) is 8.32. The molecule has 2 N–H and O–H groups in total. The number of nitrogens with zero attached hydrogens (tertiary/aromatic N) is 3. The summed E-state index contributed by atoms with van der Waals surface area (Å²) in [7, 11) is -7.97. The van der Waals surface area contributed by atoms with Crippen LogP contribution in [0.25, 0.3) is 0 Å². The van der Waals surface area contributed by atoms with Crippen molar-refractivity contribution in [2.24, 2.45) is 0 Å². The Hall–Kier alpha value is -2.93. The van der Waals surface area contributed by atoms with Crippen LogP contribution in [0.1, 0.15) is 26.7 Å². The minimum absolute atomic E-state index is 0.0154. The molecular weight excluding hydrogens is 540 g/mol. The largest absolute Gasteiger partial charge is 0.395 e. The molecule has 0 fully saturated rings. The van der Waals surface area contributed by atoms with Crippen LogP contribution in [-0.4, -0.2) is 88.2 Å². The van der Waals surface area contributed by atoms with Crippen LogP contribution in [0.4, 0.5) is 17.1 Å². The first kappa shape index (κ1) is 32.1. The number of non-ortho nitro benzene ring substituents is 1. The molecule has 0 heterocycles. The number of amides is 1. The Bertz CT molecular complexity index is 1210. The molecule has 0 aromatic heterocycles. The van der Waals surface area contributed by atoms with Gasteiger partial charge in [0.25, 0.3) is 37.5 Å². The minimum Gasteiger partial charge on any atom is -0.395 e. The van der Waals surface area contributed by atoms with Gasteiger partial charge in [0.05, 0.1) is 41.1 Å². The van der Waals surface area contributed by atoms with E-state index in [9.17, 15) is 41.9 Å². The third kappa shape index (κ3) is 10.9. The van der Waals surface area contributed by atoms with Gasteiger partial charge in [-0.25, -0.2) is 0 Å². The number of aliphatic hydroxyl groups excluding tert-OH is 1. The second kappa shape index (κ2) is 13.0. The number of nitro benzene ring substituents is 2. The molecule has 210 valence electrons. The van der Waals surface area contributed by atoms with Crippen molar-refractivity contribution >= 4 is 43.2 Å². The smallest absolute Gasteiger partial charge is 0.299 e. The summed E-state index contributed by atoms with van der Waals surface area (Å²) in [5, 5.41) is 34.1. The number of nitro groups is 2. The second-order valence-corrected chi connectivity index (χ2v) is 11.5. The molecule has 0 radical (unpaired) electrons. The maximum atomic E-state index is 12.7. The molecule has 0 aliphatic rings. The number of nitrogens with one attached hydrogen (secondary N) is 1. The van der Waals surface area contributed by atoms with Gasteiger partial charge < -0.3 is 15.3 Å². The van der Waals surface area contributed by atoms with Crippen LogP contribution >= 0.6 is 0 Å². The molecule has 16 nitrogen and oxygen atoms in total. The van der Waals surface area contributed by atoms with E-state index >= 15 is 0 Å². The number of hydrogen-bond donors (Lipinski definition) is 2. The topological polar surface area (TPSA) is 226 Å². The zero-order valence-electron chi connectivity index (χ0n) is 20.6. The van der Waals surface area contributed by atoms with Crippen LogP contribution in [0.5, 0.6) is 0 Å². The molecule has 0 saturated carbocycles. The summed E-state index contributed by atoms with van der Waals surface area (Å²) in [6.45, 7) is 1.69. The van der Waals surface area contributed by atoms with E-state index in [2.05, 4.69) is 5.32 Å². The molecule has 18 heteroatoms. The van der Waals surface area contributed by atoms with Gasteiger partial charge in [-0.1, -0.05) is 0 Å². The Balaban J connectivity index is 3.42. The maximum absolute atomic E-state index is 12.7. The van der Waals surface area contributed by atoms with E-state index in [1.807, 2.05) is 0 Å². The number of rotatable bonds is 16. The summed E-state index contributed by atoms with van der Waals surface area (Å²) in [5.41, 5.74) is -3.27. The summed E-state index contributed by atoms with van der Waals surface area (Å²) < 4.78 is 56.4. The molecule has 0 aliphatic heterocycles. The molecule has 1 amide bonds. The van der Waals surface area contributed by atoms with Gasteiger partial charge in [0.2, 0.25) is 0 Å². The summed E-state index contributed by atoms with van der Waals surface area (Å²) in [6, 6.07) is 2.91. The monoisotopic (exact) mass is 570 g/mol. The van der Waals surface area contributed by atoms with E-state index in [0.29, 0.717) is 0 Å². The predicted molar refractivity (Wildman–Crippen MR) is 131 cm³/mol. The average Bonchev–Trinajstić information content (AvgIpc) is 2.74. The van der Waals surface area contributed by atoms with Crippen molar-refractivity contribution in [3.63, 3.8) is 0 Å². The molecule has 2 unspecified atom stereocenters. The summed E-state index contributed by atoms with van der Waals surface area (Å²) in [4.78, 5) is 35.2. The minimum atomic E-state index is -4.16. The number of benzene rings is 1. The van der Waals surface area contributed by atoms with Crippen LogP contribution in [0, 0.1) is 20.2 Å². The number of hydrogen-bond acceptors (Lipinski definition) is 13. The first-order chi connectivity index (χ1) is 16.9. The normalized spacial score (nSPS) is 14.4. The van der Waals surface area contributed by atoms with Gasteiger partial charge in [0.1, 0.15) is 5.69 Å². The van der Waals surface area contributed by atoms with Crippen molar-refractivity contribution in [1.29, 1.82) is 0 Å². The quantitative estimate of drug-likeness (QED) is 0.155. The lowest BCUT2D eigenvalue weighted by molar-refractivity contribution is -0.393. The SMILES string of the molecule is CC(CCN(CCC(C)(OS(C)(=O)=O)C(=O)NCCO)c1ccc([N+](=O)[O-])cc1[N+](=O)[O-])OS(C)(=O)=O. The molecule has 0 bridgehead atoms. The maximum Gasteiger partial charge on any atom is 0.299 e. The number of carbonyl (C=O) groups is 1. The fourth-order valence-corrected chi connectivity index (χ4v) is 4.83. The van der Waals surface area contributed by atoms with Crippen molar-refractivity contribution in [2.75, 3.05) is 43.7 Å². The Kier molecular flexibility index (Phi) is 11.3. The fraction of sp³-hybridized carbons (Fsp3) is 0.632. The zero-order chi connectivity index (χ0) is 28.6. The Morgan fingerprint density at radius 1 is 1.14 bits per heavy atom. The molecule has 1 rings (SSSR count). The first-order valence-electron chi connectivity index (χ1n) is 10.7. The van der Waals surface area contributed by atoms with Crippen LogP contribution in [-0.2, 0) is 33.4 Å². The highest BCUT2D eigenvalue weighted by Crippen LogP contribution is 2.33. The third-order valence-corrected chi connectivity index (χ3v) is 6.27. The van der Waals surface area contributed by atoms with Crippen LogP contribution in [0.15, 0.2) is 18.2 Å². The summed E-state index contributed by atoms with van der Waals surface area (Å²) >= 11 is 0. The van der Waals surface area contributed by atoms with Crippen molar-refractivity contribution in [1.82, 2.24) is 5.32 Å². The number of anilines is 1. The van der Waals surface area contributed by atoms with E-state index in [1.54, 1.807) is 0 Å². The molecule has 0 spiro atoms. The average molecular weight is 571 g/mol. The van der Waals surface area contributed by atoms with Gasteiger partial charge in [-0.3, -0.25) is 33.4 Å². The lowest BCUT2D eigenvalue weighted by Gasteiger charge is -2.32. The Morgan fingerprint density at radius 3 is 2.24 bits per heavy atom. The van der Waals surface area contributed by atoms with Gasteiger partial charge in [0, 0.05) is 32.1 Å². The zero-order valence-corrected chi connectivity index (χ0v) is 22.3. The van der Waals surface area contributed by atoms with Gasteiger partial charge in [-0.15, -0.1) is 0 Å². The van der Waals surface area contributed by atoms with E-state index in [0.717, 1.165) is 30.7 Å². The van der Waals surface area contributed by atoms with E-state index in [1.165, 1.54) is 18.7 Å². The predicted octanol–water partition coefficient (Wildman–Crippen LogP) is 0.298. The lowest BCUT2D eigenvalue weighted by atomic mass is 10.0. The van der Waals surface area contributed by atoms with Crippen LogP contribution in [0.3, 0.4) is 0 Å². The van der Waals surface area contributed by atoms with Gasteiger partial charge in [-0.2, -0.15) is 16.8 Å². The highest BCUT2D eigenvalue weighted by Gasteiger charge is 2.39. The fourth-order valence-electron chi connectivity index (χ4n) is 3.31. The van der Waals surface area contributed by atoms with Crippen molar-refractivity contribution in [2.45, 2.75) is 38.4 Å². The van der Waals surface area contributed by atoms with Crippen molar-refractivity contribution in [3.8, 4) is 0 Å². The van der Waals surface area contributed by atoms with Crippen LogP contribution < -0.4 is 10.2 Å². The molecule has 0 saturated heterocycles. The molecule has 2 atom stereocenters. The molecular formula is C19H30N4O12S2. The third-order valence-electron chi connectivity index (χ3n) is 4.92. The highest BCUT2D eigenvalue weighted by atomic mass is 32.2. The van der Waals surface area contributed by atoms with Crippen molar-refractivity contribution < 1.29 is 44.9 Å². The number of carbonyl (C=O) groups excluding carboxylic acids is 1. The summed E-state index contributed by atoms with van der Waals surface area (Å²) in [5.74, 6) is -0.876. The van der Waals surface area contributed by atoms with E-state index in [4.69, 9.17) is 13.5 Å². The van der Waals surface area contributed by atoms with Crippen LogP contribution in [0.2, 0.25) is 0 Å². The van der Waals surface area contributed by atoms with Gasteiger partial charge in [-0.05, 0) is 26.3 Å². The van der Waals surface area contributed by atoms with Gasteiger partial charge in [0.15, 0.2) is 5.60 Å². The first-order valence-corrected chi connectivity index (χ1v) is 14.4. The summed E-state index contributed by atoms with van der Waals surface area (Å²) in [6.07, 6.45) is 0.393. The lowest BCUT2D eigenvalue weighted by Crippen LogP contribution is -2.50. The van der Waals surface area contributed by atoms with E-state index in [-0.39, 0.29) is 38.2 Å². The highest BCUT2D eigenvalue weighted by molar-refractivity contribution is 7.86. The van der Waals surface area contributed by atoms with Crippen molar-refractivity contribution in [3.05, 3.63) is 38.4 Å². The Labute approximate surface area is 214 Å². The molecule has 1 aromatic carbocycles. The molecule has 37 heavy (non-hydrogen) atoms. The molecule has 0 aliphatic carbocycles. The standard InChI is InChI=1S/C19H30N4O12S2/c1-14(34-36(3,30)31)7-10-21(16-6-5-15(22(26)27)13-17(16)23(28)29)11-8-19(2,35-37(4,32)33)18(25)20-9-12-24/h5-6,13-14,24H,7-12H2,1-4H3,(H,20,25). The molecule has 1 aromatic rings. The Morgan fingerprint density at radius 2 is 1.76 bits per heavy atom. The number of aliphatic hydroxyl groups is 1.